The summed E-state index contributed by atoms with van der Waals surface area (Å²) in [5, 5.41) is 35.1. The third kappa shape index (κ3) is 5.23. The lowest BCUT2D eigenvalue weighted by molar-refractivity contribution is -0.247. The monoisotopic (exact) mass is 731 g/mol. The number of phenolic OH excluding ortho intramolecular Hbond substituents is 2. The predicted molar refractivity (Wildman–Crippen MR) is 165 cm³/mol. The highest BCUT2D eigenvalue weighted by atomic mass is 79.9. The number of esters is 1. The third-order valence-corrected chi connectivity index (χ3v) is 10.3. The first-order chi connectivity index (χ1) is 23.0. The minimum atomic E-state index is -2.26. The number of benzene rings is 2. The van der Waals surface area contributed by atoms with Crippen LogP contribution in [0.3, 0.4) is 0 Å². The van der Waals surface area contributed by atoms with E-state index in [2.05, 4.69) is 20.8 Å². The molecule has 3 saturated heterocycles. The normalized spacial score (nSPS) is 30.8. The van der Waals surface area contributed by atoms with Gasteiger partial charge in [-0.05, 0) is 13.0 Å². The highest BCUT2D eigenvalue weighted by Crippen LogP contribution is 2.53. The Balaban J connectivity index is 1.30. The molecule has 5 aliphatic rings. The molecular weight excluding hydrogens is 698 g/mol. The van der Waals surface area contributed by atoms with E-state index in [1.807, 2.05) is 6.92 Å². The zero-order valence-electron chi connectivity index (χ0n) is 26.1. The van der Waals surface area contributed by atoms with Crippen molar-refractivity contribution in [3.05, 3.63) is 51.6 Å². The number of aromatic hydroxyl groups is 2. The molecule has 0 amide bonds. The van der Waals surface area contributed by atoms with Crippen LogP contribution < -0.4 is 4.74 Å². The number of morpholine rings is 1. The van der Waals surface area contributed by atoms with Crippen molar-refractivity contribution in [1.29, 1.82) is 0 Å². The first kappa shape index (κ1) is 33.1. The second kappa shape index (κ2) is 12.5. The molecule has 7 rings (SSSR count). The molecule has 2 aromatic carbocycles. The smallest absolute Gasteiger partial charge is 0.316 e. The number of methoxy groups -OCH3 is 1. The van der Waals surface area contributed by atoms with Gasteiger partial charge in [0.05, 0.1) is 49.2 Å². The second-order valence-corrected chi connectivity index (χ2v) is 13.1. The number of hydrogen-bond acceptors (Lipinski definition) is 14. The van der Waals surface area contributed by atoms with Crippen molar-refractivity contribution < 1.29 is 62.9 Å². The number of carbonyl (C=O) groups is 4. The fourth-order valence-electron chi connectivity index (χ4n) is 7.65. The number of rotatable bonds is 7. The molecule has 2 aliphatic carbocycles. The molecule has 0 radical (unpaired) electrons. The topological polar surface area (TPSA) is 188 Å². The second-order valence-electron chi connectivity index (χ2n) is 12.6. The predicted octanol–water partition coefficient (Wildman–Crippen LogP) is 1.68. The van der Waals surface area contributed by atoms with Crippen LogP contribution in [0.1, 0.15) is 68.8 Å². The molecule has 48 heavy (non-hydrogen) atoms. The van der Waals surface area contributed by atoms with Gasteiger partial charge in [-0.3, -0.25) is 24.1 Å². The number of nitrogens with zero attached hydrogens (tertiary/aromatic N) is 1. The van der Waals surface area contributed by atoms with E-state index in [-0.39, 0.29) is 51.7 Å². The number of ether oxygens (including phenoxy) is 6. The minimum absolute atomic E-state index is 0.0440. The molecule has 256 valence electrons. The van der Waals surface area contributed by atoms with E-state index in [0.29, 0.717) is 26.2 Å². The van der Waals surface area contributed by atoms with E-state index in [1.165, 1.54) is 25.3 Å². The summed E-state index contributed by atoms with van der Waals surface area (Å²) >= 11 is 2.96. The van der Waals surface area contributed by atoms with Crippen molar-refractivity contribution >= 4 is 39.2 Å². The van der Waals surface area contributed by atoms with Gasteiger partial charge in [-0.25, -0.2) is 0 Å². The average Bonchev–Trinajstić information content (AvgIpc) is 3.46. The number of aliphatic hydroxyl groups is 1. The summed E-state index contributed by atoms with van der Waals surface area (Å²) in [5.41, 5.74) is -3.51. The summed E-state index contributed by atoms with van der Waals surface area (Å²) < 4.78 is 34.8. The van der Waals surface area contributed by atoms with Crippen molar-refractivity contribution in [3.8, 4) is 17.2 Å². The van der Waals surface area contributed by atoms with Crippen molar-refractivity contribution in [2.45, 2.75) is 68.7 Å². The minimum Gasteiger partial charge on any atom is -0.507 e. The first-order valence-electron chi connectivity index (χ1n) is 15.6. The molecule has 3 fully saturated rings. The summed E-state index contributed by atoms with van der Waals surface area (Å²) in [5.74, 6) is -4.33. The quantitative estimate of drug-likeness (QED) is 0.181. The SMILES string of the molecule is COc1cccc2c1C(=O)c1c(O)c3c(c(O)c1C2=O)C[C@@](O)(C(=O)COC(=O)CBr)C[C@@H]3O[C@H]1C[C@H]2[C@H](O[C@@H]3COCCN32)[C@H](C)O1. The van der Waals surface area contributed by atoms with Gasteiger partial charge >= 0.3 is 5.97 Å². The molecule has 0 spiro atoms. The molecule has 7 atom stereocenters. The van der Waals surface area contributed by atoms with Gasteiger partial charge in [0, 0.05) is 48.5 Å². The van der Waals surface area contributed by atoms with Crippen LogP contribution >= 0.6 is 15.9 Å². The molecule has 0 aromatic heterocycles. The van der Waals surface area contributed by atoms with Crippen LogP contribution in [-0.2, 0) is 39.7 Å². The number of halogens is 1. The van der Waals surface area contributed by atoms with E-state index in [1.54, 1.807) is 0 Å². The Morgan fingerprint density at radius 3 is 2.62 bits per heavy atom. The van der Waals surface area contributed by atoms with Crippen molar-refractivity contribution in [2.24, 2.45) is 0 Å². The van der Waals surface area contributed by atoms with Crippen molar-refractivity contribution in [2.75, 3.05) is 38.8 Å². The lowest BCUT2D eigenvalue weighted by atomic mass is 9.72. The van der Waals surface area contributed by atoms with Gasteiger partial charge < -0.3 is 43.7 Å². The Hall–Kier alpha value is -3.44. The average molecular weight is 733 g/mol. The van der Waals surface area contributed by atoms with E-state index in [0.717, 1.165) is 0 Å². The van der Waals surface area contributed by atoms with Crippen LogP contribution in [-0.4, -0.2) is 119 Å². The Morgan fingerprint density at radius 2 is 1.88 bits per heavy atom. The Kier molecular flexibility index (Phi) is 8.59. The molecule has 0 unspecified atom stereocenters. The molecule has 2 aromatic rings. The molecule has 3 heterocycles. The molecule has 15 heteroatoms. The molecule has 0 saturated carbocycles. The summed E-state index contributed by atoms with van der Waals surface area (Å²) in [4.78, 5) is 55.2. The number of hydrogen-bond donors (Lipinski definition) is 3. The van der Waals surface area contributed by atoms with Crippen LogP contribution in [0, 0.1) is 0 Å². The zero-order valence-corrected chi connectivity index (χ0v) is 27.7. The van der Waals surface area contributed by atoms with E-state index in [9.17, 15) is 34.5 Å². The van der Waals surface area contributed by atoms with Gasteiger partial charge in [0.15, 0.2) is 18.7 Å². The number of ketones is 3. The fraction of sp³-hybridized carbons (Fsp3) is 0.515. The van der Waals surface area contributed by atoms with Gasteiger partial charge in [-0.2, -0.15) is 0 Å². The number of phenols is 2. The number of fused-ring (bicyclic) bond motifs is 6. The van der Waals surface area contributed by atoms with Gasteiger partial charge in [0.25, 0.3) is 0 Å². The lowest BCUT2D eigenvalue weighted by Gasteiger charge is -2.43. The van der Waals surface area contributed by atoms with Crippen LogP contribution in [0.4, 0.5) is 0 Å². The summed E-state index contributed by atoms with van der Waals surface area (Å²) in [6.07, 6.45) is -3.87. The molecule has 3 aliphatic heterocycles. The Labute approximate surface area is 282 Å². The van der Waals surface area contributed by atoms with Crippen molar-refractivity contribution in [1.82, 2.24) is 4.90 Å². The summed E-state index contributed by atoms with van der Waals surface area (Å²) in [6, 6.07) is 4.32. The van der Waals surface area contributed by atoms with Gasteiger partial charge in [-0.1, -0.05) is 28.1 Å². The Bertz CT molecular complexity index is 1710. The zero-order chi connectivity index (χ0) is 34.1. The van der Waals surface area contributed by atoms with Crippen LogP contribution in [0.25, 0.3) is 0 Å². The van der Waals surface area contributed by atoms with Crippen LogP contribution in [0.5, 0.6) is 17.2 Å². The lowest BCUT2D eigenvalue weighted by Crippen LogP contribution is -2.53. The van der Waals surface area contributed by atoms with Gasteiger partial charge in [-0.15, -0.1) is 0 Å². The standard InChI is InChI=1S/C33H34BrNO13/c1-14-32-17(35-6-7-44-13-21(35)48-32)8-23(46-14)47-19-10-33(42,20(36)12-45-22(37)11-34)9-16-25(19)31(41)27-26(29(16)39)28(38)15-4-3-5-18(43-2)24(15)30(27)40/h3-5,14,17,19,21,23,32,39,41-42H,6-13H2,1-2H3/t14-,17-,19-,21+,23-,32+,33-/m0/s1. The number of alkyl halides is 1. The van der Waals surface area contributed by atoms with Crippen molar-refractivity contribution in [3.63, 3.8) is 0 Å². The van der Waals surface area contributed by atoms with Crippen LogP contribution in [0.2, 0.25) is 0 Å². The maximum absolute atomic E-state index is 13.9. The Morgan fingerprint density at radius 1 is 1.10 bits per heavy atom. The van der Waals surface area contributed by atoms with Gasteiger partial charge in [0.2, 0.25) is 11.6 Å². The summed E-state index contributed by atoms with van der Waals surface area (Å²) in [7, 11) is 1.34. The van der Waals surface area contributed by atoms with E-state index < -0.39 is 89.5 Å². The number of Topliss-reactive ketones (excluding diaryl/α,β-unsaturated/α-hetero) is 1. The maximum atomic E-state index is 13.9. The van der Waals surface area contributed by atoms with E-state index in [4.69, 9.17) is 28.4 Å². The highest BCUT2D eigenvalue weighted by molar-refractivity contribution is 9.09. The van der Waals surface area contributed by atoms with E-state index >= 15 is 0 Å². The molecular formula is C33H34BrNO13. The molecule has 0 bridgehead atoms. The number of carbonyl (C=O) groups excluding carboxylic acids is 4. The van der Waals surface area contributed by atoms with Gasteiger partial charge in [0.1, 0.15) is 40.5 Å². The largest absolute Gasteiger partial charge is 0.507 e. The third-order valence-electron chi connectivity index (χ3n) is 9.89. The fourth-order valence-corrected chi connectivity index (χ4v) is 7.81. The summed E-state index contributed by atoms with van der Waals surface area (Å²) in [6.45, 7) is 2.65. The maximum Gasteiger partial charge on any atom is 0.316 e. The molecule has 14 nitrogen and oxygen atoms in total. The first-order valence-corrected chi connectivity index (χ1v) is 16.7. The van der Waals surface area contributed by atoms with Crippen LogP contribution in [0.15, 0.2) is 18.2 Å². The molecule has 3 N–H and O–H groups in total. The highest BCUT2D eigenvalue weighted by Gasteiger charge is 2.53.